The van der Waals surface area contributed by atoms with E-state index < -0.39 is 5.97 Å². The molecule has 2 N–H and O–H groups in total. The number of carboxylic acid groups (broad SMARTS) is 1. The maximum atomic E-state index is 11.1. The number of carboxylic acids is 1. The summed E-state index contributed by atoms with van der Waals surface area (Å²) < 4.78 is 5.36. The molecule has 0 spiro atoms. The third-order valence-electron chi connectivity index (χ3n) is 4.68. The van der Waals surface area contributed by atoms with Crippen molar-refractivity contribution in [2.24, 2.45) is 5.92 Å². The molecule has 1 aromatic heterocycles. The van der Waals surface area contributed by atoms with Crippen LogP contribution in [-0.4, -0.2) is 47.8 Å². The Labute approximate surface area is 153 Å². The van der Waals surface area contributed by atoms with Crippen LogP contribution < -0.4 is 15.0 Å². The van der Waals surface area contributed by atoms with Gasteiger partial charge >= 0.3 is 5.97 Å². The molecule has 26 heavy (non-hydrogen) atoms. The van der Waals surface area contributed by atoms with Crippen LogP contribution in [0.1, 0.15) is 18.4 Å². The minimum atomic E-state index is -0.703. The lowest BCUT2D eigenvalue weighted by molar-refractivity contribution is -0.142. The van der Waals surface area contributed by atoms with E-state index in [1.807, 2.05) is 30.3 Å². The quantitative estimate of drug-likeness (QED) is 0.788. The van der Waals surface area contributed by atoms with Gasteiger partial charge in [0.2, 0.25) is 5.95 Å². The Morgan fingerprint density at radius 2 is 2.08 bits per heavy atom. The van der Waals surface area contributed by atoms with Crippen molar-refractivity contribution in [3.8, 4) is 5.75 Å². The zero-order valence-electron chi connectivity index (χ0n) is 14.9. The number of carbonyl (C=O) groups is 1. The molecular formula is C19H24N4O3. The van der Waals surface area contributed by atoms with Gasteiger partial charge < -0.3 is 20.1 Å². The molecule has 1 fully saturated rings. The first kappa shape index (κ1) is 18.0. The molecule has 2 aromatic rings. The zero-order chi connectivity index (χ0) is 18.4. The normalized spacial score (nSPS) is 14.9. The van der Waals surface area contributed by atoms with Gasteiger partial charge in [0.15, 0.2) is 0 Å². The van der Waals surface area contributed by atoms with E-state index in [-0.39, 0.29) is 5.92 Å². The Kier molecular flexibility index (Phi) is 5.88. The second kappa shape index (κ2) is 8.51. The number of benzene rings is 1. The number of anilines is 2. The third kappa shape index (κ3) is 4.41. The van der Waals surface area contributed by atoms with Gasteiger partial charge in [-0.2, -0.15) is 4.98 Å². The summed E-state index contributed by atoms with van der Waals surface area (Å²) in [7, 11) is 1.67. The largest absolute Gasteiger partial charge is 0.496 e. The highest BCUT2D eigenvalue weighted by Gasteiger charge is 2.25. The molecule has 1 aliphatic heterocycles. The molecule has 0 saturated carbocycles. The summed E-state index contributed by atoms with van der Waals surface area (Å²) in [6.45, 7) is 2.11. The maximum absolute atomic E-state index is 11.1. The molecule has 7 nitrogen and oxygen atoms in total. The number of hydrogen-bond acceptors (Lipinski definition) is 6. The van der Waals surface area contributed by atoms with Crippen LogP contribution in [0.15, 0.2) is 36.5 Å². The number of methoxy groups -OCH3 is 1. The molecule has 0 atom stereocenters. The van der Waals surface area contributed by atoms with E-state index in [0.29, 0.717) is 38.4 Å². The molecule has 0 aliphatic carbocycles. The van der Waals surface area contributed by atoms with Gasteiger partial charge in [0, 0.05) is 25.8 Å². The van der Waals surface area contributed by atoms with Gasteiger partial charge in [0.25, 0.3) is 0 Å². The van der Waals surface area contributed by atoms with Crippen LogP contribution in [0.3, 0.4) is 0 Å². The fraction of sp³-hybridized carbons (Fsp3) is 0.421. The highest BCUT2D eigenvalue weighted by atomic mass is 16.5. The number of ether oxygens (including phenoxy) is 1. The van der Waals surface area contributed by atoms with Crippen LogP contribution in [0.5, 0.6) is 5.75 Å². The highest BCUT2D eigenvalue weighted by molar-refractivity contribution is 5.70. The van der Waals surface area contributed by atoms with E-state index >= 15 is 0 Å². The van der Waals surface area contributed by atoms with Gasteiger partial charge in [-0.15, -0.1) is 0 Å². The molecule has 2 heterocycles. The number of aliphatic carboxylic acids is 1. The van der Waals surface area contributed by atoms with Gasteiger partial charge in [-0.3, -0.25) is 4.79 Å². The number of hydrogen-bond donors (Lipinski definition) is 2. The Bertz CT molecular complexity index is 745. The van der Waals surface area contributed by atoms with Crippen molar-refractivity contribution in [3.63, 3.8) is 0 Å². The van der Waals surface area contributed by atoms with Crippen molar-refractivity contribution in [3.05, 3.63) is 42.1 Å². The fourth-order valence-electron chi connectivity index (χ4n) is 3.18. The molecule has 0 bridgehead atoms. The van der Waals surface area contributed by atoms with Gasteiger partial charge in [-0.05, 0) is 37.0 Å². The van der Waals surface area contributed by atoms with Gasteiger partial charge in [-0.1, -0.05) is 18.2 Å². The zero-order valence-corrected chi connectivity index (χ0v) is 14.9. The molecule has 0 unspecified atom stereocenters. The van der Waals surface area contributed by atoms with Gasteiger partial charge in [0.1, 0.15) is 11.6 Å². The van der Waals surface area contributed by atoms with E-state index in [1.165, 1.54) is 0 Å². The van der Waals surface area contributed by atoms with Crippen LogP contribution in [0.25, 0.3) is 0 Å². The lowest BCUT2D eigenvalue weighted by atomic mass is 9.97. The first-order valence-corrected chi connectivity index (χ1v) is 8.84. The van der Waals surface area contributed by atoms with E-state index in [4.69, 9.17) is 9.84 Å². The summed E-state index contributed by atoms with van der Waals surface area (Å²) in [5, 5.41) is 12.4. The summed E-state index contributed by atoms with van der Waals surface area (Å²) in [6.07, 6.45) is 3.84. The van der Waals surface area contributed by atoms with Gasteiger partial charge in [0.05, 0.1) is 13.0 Å². The molecule has 1 aliphatic rings. The summed E-state index contributed by atoms with van der Waals surface area (Å²) in [5.74, 6) is 1.35. The second-order valence-electron chi connectivity index (χ2n) is 6.33. The smallest absolute Gasteiger partial charge is 0.306 e. The van der Waals surface area contributed by atoms with Crippen LogP contribution >= 0.6 is 0 Å². The minimum Gasteiger partial charge on any atom is -0.496 e. The van der Waals surface area contributed by atoms with E-state index in [0.717, 1.165) is 23.6 Å². The molecule has 3 rings (SSSR count). The standard InChI is InChI=1S/C19H24N4O3/c1-26-16-5-3-2-4-14(16)6-10-20-19-21-11-7-17(22-19)23-12-8-15(9-13-23)18(24)25/h2-5,7,11,15H,6,8-10,12-13H2,1H3,(H,24,25)(H,20,21,22). The molecular weight excluding hydrogens is 332 g/mol. The summed E-state index contributed by atoms with van der Waals surface area (Å²) in [4.78, 5) is 22.0. The molecule has 138 valence electrons. The summed E-state index contributed by atoms with van der Waals surface area (Å²) >= 11 is 0. The third-order valence-corrected chi connectivity index (χ3v) is 4.68. The Balaban J connectivity index is 1.55. The first-order chi connectivity index (χ1) is 12.7. The average Bonchev–Trinajstić information content (AvgIpc) is 2.68. The van der Waals surface area contributed by atoms with Crippen molar-refractivity contribution >= 4 is 17.7 Å². The molecule has 1 aromatic carbocycles. The number of nitrogens with one attached hydrogen (secondary N) is 1. The topological polar surface area (TPSA) is 87.6 Å². The van der Waals surface area contributed by atoms with Crippen LogP contribution in [-0.2, 0) is 11.2 Å². The van der Waals surface area contributed by atoms with Crippen LogP contribution in [0.4, 0.5) is 11.8 Å². The van der Waals surface area contributed by atoms with E-state index in [2.05, 4.69) is 20.2 Å². The number of aromatic nitrogens is 2. The number of piperidine rings is 1. The van der Waals surface area contributed by atoms with Crippen molar-refractivity contribution in [2.75, 3.05) is 37.0 Å². The van der Waals surface area contributed by atoms with Crippen molar-refractivity contribution in [1.82, 2.24) is 9.97 Å². The molecule has 7 heteroatoms. The highest BCUT2D eigenvalue weighted by Crippen LogP contribution is 2.22. The Hall–Kier alpha value is -2.83. The number of nitrogens with zero attached hydrogens (tertiary/aromatic N) is 3. The lowest BCUT2D eigenvalue weighted by Crippen LogP contribution is -2.36. The number of para-hydroxylation sites is 1. The SMILES string of the molecule is COc1ccccc1CCNc1nccc(N2CCC(C(=O)O)CC2)n1. The summed E-state index contributed by atoms with van der Waals surface area (Å²) in [6, 6.07) is 9.82. The summed E-state index contributed by atoms with van der Waals surface area (Å²) in [5.41, 5.74) is 1.13. The molecule has 0 radical (unpaired) electrons. The Morgan fingerprint density at radius 3 is 2.81 bits per heavy atom. The van der Waals surface area contributed by atoms with E-state index in [1.54, 1.807) is 13.3 Å². The first-order valence-electron chi connectivity index (χ1n) is 8.84. The maximum Gasteiger partial charge on any atom is 0.306 e. The minimum absolute atomic E-state index is 0.244. The molecule has 0 amide bonds. The average molecular weight is 356 g/mol. The van der Waals surface area contributed by atoms with Gasteiger partial charge in [-0.25, -0.2) is 4.98 Å². The number of rotatable bonds is 7. The second-order valence-corrected chi connectivity index (χ2v) is 6.33. The van der Waals surface area contributed by atoms with Crippen LogP contribution in [0, 0.1) is 5.92 Å². The van der Waals surface area contributed by atoms with Crippen molar-refractivity contribution in [1.29, 1.82) is 0 Å². The van der Waals surface area contributed by atoms with Crippen molar-refractivity contribution in [2.45, 2.75) is 19.3 Å². The van der Waals surface area contributed by atoms with Crippen molar-refractivity contribution < 1.29 is 14.6 Å². The van der Waals surface area contributed by atoms with Crippen LogP contribution in [0.2, 0.25) is 0 Å². The van der Waals surface area contributed by atoms with E-state index in [9.17, 15) is 4.79 Å². The molecule has 1 saturated heterocycles. The Morgan fingerprint density at radius 1 is 1.31 bits per heavy atom. The predicted molar refractivity (Wildman–Crippen MR) is 99.8 cm³/mol. The predicted octanol–water partition coefficient (Wildman–Crippen LogP) is 2.44. The monoisotopic (exact) mass is 356 g/mol. The lowest BCUT2D eigenvalue weighted by Gasteiger charge is -2.31. The fourth-order valence-corrected chi connectivity index (χ4v) is 3.18.